The Morgan fingerprint density at radius 2 is 1.75 bits per heavy atom. The first kappa shape index (κ1) is 17.9. The minimum Gasteiger partial charge on any atom is -0.354 e. The molecule has 0 aliphatic heterocycles. The summed E-state index contributed by atoms with van der Waals surface area (Å²) in [6.45, 7) is 8.90. The Hall–Kier alpha value is -2.43. The lowest BCUT2D eigenvalue weighted by molar-refractivity contribution is 0.102. The molecule has 5 heteroatoms. The van der Waals surface area contributed by atoms with Crippen molar-refractivity contribution < 1.29 is 4.79 Å². The Morgan fingerprint density at radius 3 is 2.33 bits per heavy atom. The lowest BCUT2D eigenvalue weighted by atomic mass is 10.0. The summed E-state index contributed by atoms with van der Waals surface area (Å²) in [5, 5.41) is 6.19. The molecule has 5 nitrogen and oxygen atoms in total. The number of amides is 1. The number of carbonyl (C=O) groups excluding carboxylic acids is 1. The molecule has 2 aromatic rings. The number of anilines is 2. The lowest BCUT2D eigenvalue weighted by Gasteiger charge is -2.14. The summed E-state index contributed by atoms with van der Waals surface area (Å²) in [7, 11) is 0. The van der Waals surface area contributed by atoms with Crippen molar-refractivity contribution in [1.29, 1.82) is 0 Å². The van der Waals surface area contributed by atoms with Gasteiger partial charge in [0, 0.05) is 17.9 Å². The highest BCUT2D eigenvalue weighted by molar-refractivity contribution is 6.04. The molecule has 0 aliphatic rings. The van der Waals surface area contributed by atoms with Crippen molar-refractivity contribution >= 4 is 17.5 Å². The Morgan fingerprint density at radius 1 is 1.08 bits per heavy atom. The summed E-state index contributed by atoms with van der Waals surface area (Å²) in [6.07, 6.45) is 2.72. The van der Waals surface area contributed by atoms with Gasteiger partial charge in [0.2, 0.25) is 5.95 Å². The molecular weight excluding hydrogens is 300 g/mol. The third-order valence-electron chi connectivity index (χ3n) is 3.86. The van der Waals surface area contributed by atoms with Crippen LogP contribution in [0.5, 0.6) is 0 Å². The van der Waals surface area contributed by atoms with Crippen molar-refractivity contribution in [3.8, 4) is 0 Å². The van der Waals surface area contributed by atoms with E-state index in [1.54, 1.807) is 6.07 Å². The highest BCUT2D eigenvalue weighted by Gasteiger charge is 2.14. The standard InChI is InChI=1S/C19H26N4O/c1-5-11-20-19-21-13(4)12-16(22-19)18(24)23-17-14(6-2)9-8-10-15(17)7-3/h8-10,12H,5-7,11H2,1-4H3,(H,23,24)(H,20,21,22). The van der Waals surface area contributed by atoms with Crippen LogP contribution in [0, 0.1) is 6.92 Å². The molecule has 2 N–H and O–H groups in total. The zero-order valence-electron chi connectivity index (χ0n) is 14.9. The minimum atomic E-state index is -0.198. The molecule has 0 fully saturated rings. The van der Waals surface area contributed by atoms with Crippen molar-refractivity contribution in [2.45, 2.75) is 47.0 Å². The molecule has 1 heterocycles. The summed E-state index contributed by atoms with van der Waals surface area (Å²) in [5.74, 6) is 0.303. The Kier molecular flexibility index (Phi) is 6.29. The molecule has 0 unspecified atom stereocenters. The molecule has 0 saturated carbocycles. The van der Waals surface area contributed by atoms with E-state index in [9.17, 15) is 4.79 Å². The second-order valence-electron chi connectivity index (χ2n) is 5.76. The topological polar surface area (TPSA) is 66.9 Å². The van der Waals surface area contributed by atoms with Crippen molar-refractivity contribution in [3.05, 3.63) is 46.8 Å². The van der Waals surface area contributed by atoms with Gasteiger partial charge in [-0.1, -0.05) is 39.0 Å². The fourth-order valence-electron chi connectivity index (χ4n) is 2.58. The maximum atomic E-state index is 12.7. The van der Waals surface area contributed by atoms with Crippen LogP contribution in [0.25, 0.3) is 0 Å². The summed E-state index contributed by atoms with van der Waals surface area (Å²) < 4.78 is 0. The van der Waals surface area contributed by atoms with E-state index in [1.807, 2.05) is 25.1 Å². The Balaban J connectivity index is 2.29. The highest BCUT2D eigenvalue weighted by Crippen LogP contribution is 2.23. The molecule has 0 aliphatic carbocycles. The highest BCUT2D eigenvalue weighted by atomic mass is 16.1. The lowest BCUT2D eigenvalue weighted by Crippen LogP contribution is -2.18. The number of aryl methyl sites for hydroxylation is 3. The van der Waals surface area contributed by atoms with Crippen molar-refractivity contribution in [2.75, 3.05) is 17.2 Å². The predicted octanol–water partition coefficient (Wildman–Crippen LogP) is 3.98. The Bertz CT molecular complexity index is 690. The molecule has 24 heavy (non-hydrogen) atoms. The van der Waals surface area contributed by atoms with E-state index in [0.717, 1.165) is 48.3 Å². The number of carbonyl (C=O) groups is 1. The van der Waals surface area contributed by atoms with Crippen LogP contribution in [0.3, 0.4) is 0 Å². The average molecular weight is 326 g/mol. The normalized spacial score (nSPS) is 10.5. The number of para-hydroxylation sites is 1. The molecular formula is C19H26N4O. The third kappa shape index (κ3) is 4.31. The van der Waals surface area contributed by atoms with Gasteiger partial charge in [0.1, 0.15) is 5.69 Å². The van der Waals surface area contributed by atoms with E-state index in [1.165, 1.54) is 0 Å². The van der Waals surface area contributed by atoms with Gasteiger partial charge in [0.25, 0.3) is 5.91 Å². The monoisotopic (exact) mass is 326 g/mol. The van der Waals surface area contributed by atoms with Gasteiger partial charge >= 0.3 is 0 Å². The third-order valence-corrected chi connectivity index (χ3v) is 3.86. The van der Waals surface area contributed by atoms with E-state index in [2.05, 4.69) is 41.4 Å². The van der Waals surface area contributed by atoms with E-state index in [-0.39, 0.29) is 5.91 Å². The maximum absolute atomic E-state index is 12.7. The molecule has 0 saturated heterocycles. The van der Waals surface area contributed by atoms with Gasteiger partial charge < -0.3 is 10.6 Å². The van der Waals surface area contributed by atoms with E-state index < -0.39 is 0 Å². The molecule has 128 valence electrons. The summed E-state index contributed by atoms with van der Waals surface area (Å²) >= 11 is 0. The fraction of sp³-hybridized carbons (Fsp3) is 0.421. The summed E-state index contributed by atoms with van der Waals surface area (Å²) in [6, 6.07) is 7.85. The van der Waals surface area contributed by atoms with Gasteiger partial charge in [-0.3, -0.25) is 4.79 Å². The largest absolute Gasteiger partial charge is 0.354 e. The van der Waals surface area contributed by atoms with E-state index >= 15 is 0 Å². The first-order valence-corrected chi connectivity index (χ1v) is 8.60. The average Bonchev–Trinajstić information content (AvgIpc) is 2.59. The molecule has 1 aromatic heterocycles. The van der Waals surface area contributed by atoms with Crippen molar-refractivity contribution in [2.24, 2.45) is 0 Å². The zero-order chi connectivity index (χ0) is 17.5. The van der Waals surface area contributed by atoms with Gasteiger partial charge in [0.15, 0.2) is 0 Å². The van der Waals surface area contributed by atoms with Crippen LogP contribution < -0.4 is 10.6 Å². The van der Waals surface area contributed by atoms with Crippen LogP contribution in [0.2, 0.25) is 0 Å². The quantitative estimate of drug-likeness (QED) is 0.807. The molecule has 0 bridgehead atoms. The van der Waals surface area contributed by atoms with Gasteiger partial charge in [-0.2, -0.15) is 0 Å². The van der Waals surface area contributed by atoms with Gasteiger partial charge in [-0.25, -0.2) is 9.97 Å². The number of nitrogens with one attached hydrogen (secondary N) is 2. The molecule has 0 atom stereocenters. The Labute approximate surface area is 143 Å². The fourth-order valence-corrected chi connectivity index (χ4v) is 2.58. The minimum absolute atomic E-state index is 0.198. The van der Waals surface area contributed by atoms with E-state index in [4.69, 9.17) is 0 Å². The SMILES string of the molecule is CCCNc1nc(C)cc(C(=O)Nc2c(CC)cccc2CC)n1. The molecule has 2 rings (SSSR count). The smallest absolute Gasteiger partial charge is 0.274 e. The molecule has 0 spiro atoms. The molecule has 1 aromatic carbocycles. The van der Waals surface area contributed by atoms with Crippen LogP contribution in [-0.2, 0) is 12.8 Å². The maximum Gasteiger partial charge on any atom is 0.274 e. The predicted molar refractivity (Wildman–Crippen MR) is 98.7 cm³/mol. The number of rotatable bonds is 7. The van der Waals surface area contributed by atoms with Crippen molar-refractivity contribution in [3.63, 3.8) is 0 Å². The van der Waals surface area contributed by atoms with Crippen LogP contribution in [0.1, 0.15) is 54.5 Å². The van der Waals surface area contributed by atoms with Crippen LogP contribution >= 0.6 is 0 Å². The first-order valence-electron chi connectivity index (χ1n) is 8.60. The van der Waals surface area contributed by atoms with Crippen LogP contribution in [-0.4, -0.2) is 22.4 Å². The van der Waals surface area contributed by atoms with Gasteiger partial charge in [0.05, 0.1) is 0 Å². The second kappa shape index (κ2) is 8.43. The number of aromatic nitrogens is 2. The van der Waals surface area contributed by atoms with Gasteiger partial charge in [-0.05, 0) is 43.4 Å². The number of benzene rings is 1. The molecule has 1 amide bonds. The first-order chi connectivity index (χ1) is 11.6. The van der Waals surface area contributed by atoms with Crippen LogP contribution in [0.4, 0.5) is 11.6 Å². The van der Waals surface area contributed by atoms with Gasteiger partial charge in [-0.15, -0.1) is 0 Å². The molecule has 0 radical (unpaired) electrons. The van der Waals surface area contributed by atoms with E-state index in [0.29, 0.717) is 11.6 Å². The number of hydrogen-bond donors (Lipinski definition) is 2. The number of nitrogens with zero attached hydrogens (tertiary/aromatic N) is 2. The van der Waals surface area contributed by atoms with Crippen LogP contribution in [0.15, 0.2) is 24.3 Å². The number of hydrogen-bond acceptors (Lipinski definition) is 4. The summed E-state index contributed by atoms with van der Waals surface area (Å²) in [5.41, 5.74) is 4.34. The van der Waals surface area contributed by atoms with Crippen molar-refractivity contribution in [1.82, 2.24) is 9.97 Å². The second-order valence-corrected chi connectivity index (χ2v) is 5.76. The zero-order valence-corrected chi connectivity index (χ0v) is 14.9. The summed E-state index contributed by atoms with van der Waals surface area (Å²) in [4.78, 5) is 21.4.